The molecule has 0 spiro atoms. The molecule has 110 valence electrons. The third-order valence-corrected chi connectivity index (χ3v) is 3.55. The maximum absolute atomic E-state index is 13.2. The van der Waals surface area contributed by atoms with Crippen molar-refractivity contribution in [2.45, 2.75) is 31.7 Å². The van der Waals surface area contributed by atoms with Gasteiger partial charge in [0.2, 0.25) is 17.2 Å². The van der Waals surface area contributed by atoms with E-state index in [-0.39, 0.29) is 11.1 Å². The molecule has 1 aromatic heterocycles. The first-order valence-corrected chi connectivity index (χ1v) is 7.27. The van der Waals surface area contributed by atoms with Gasteiger partial charge in [-0.1, -0.05) is 18.9 Å². The number of hydrogen-bond donors (Lipinski definition) is 2. The third kappa shape index (κ3) is 3.78. The van der Waals surface area contributed by atoms with E-state index >= 15 is 0 Å². The summed E-state index contributed by atoms with van der Waals surface area (Å²) in [5.74, 6) is 0.409. The van der Waals surface area contributed by atoms with Crippen molar-refractivity contribution >= 4 is 29.2 Å². The Hall–Kier alpha value is -1.95. The van der Waals surface area contributed by atoms with Crippen LogP contribution in [-0.4, -0.2) is 21.0 Å². The van der Waals surface area contributed by atoms with E-state index in [0.717, 1.165) is 12.8 Å². The van der Waals surface area contributed by atoms with Crippen LogP contribution in [0.3, 0.4) is 0 Å². The maximum Gasteiger partial charge on any atom is 0.233 e. The van der Waals surface area contributed by atoms with E-state index in [1.807, 2.05) is 0 Å². The predicted molar refractivity (Wildman–Crippen MR) is 80.4 cm³/mol. The SMILES string of the molecule is Fc1cccc(Nc2nc(Cl)nc(NC3CCCC3)n2)c1. The summed E-state index contributed by atoms with van der Waals surface area (Å²) in [5, 5.41) is 6.28. The molecule has 2 N–H and O–H groups in total. The summed E-state index contributed by atoms with van der Waals surface area (Å²) in [6, 6.07) is 6.45. The second-order valence-electron chi connectivity index (χ2n) is 5.01. The van der Waals surface area contributed by atoms with Crippen molar-refractivity contribution in [3.8, 4) is 0 Å². The summed E-state index contributed by atoms with van der Waals surface area (Å²) in [6.07, 6.45) is 4.64. The van der Waals surface area contributed by atoms with Gasteiger partial charge in [-0.2, -0.15) is 15.0 Å². The van der Waals surface area contributed by atoms with Gasteiger partial charge in [-0.05, 0) is 42.6 Å². The summed E-state index contributed by atoms with van der Waals surface area (Å²) < 4.78 is 13.2. The first kappa shape index (κ1) is 14.0. The Morgan fingerprint density at radius 3 is 2.62 bits per heavy atom. The molecule has 0 saturated heterocycles. The zero-order valence-corrected chi connectivity index (χ0v) is 12.1. The van der Waals surface area contributed by atoms with Crippen LogP contribution in [0.4, 0.5) is 22.0 Å². The first-order valence-electron chi connectivity index (χ1n) is 6.90. The van der Waals surface area contributed by atoms with Gasteiger partial charge in [-0.15, -0.1) is 0 Å². The van der Waals surface area contributed by atoms with Crippen LogP contribution in [0.2, 0.25) is 5.28 Å². The highest BCUT2D eigenvalue weighted by molar-refractivity contribution is 6.28. The summed E-state index contributed by atoms with van der Waals surface area (Å²) in [5.41, 5.74) is 0.559. The maximum atomic E-state index is 13.2. The lowest BCUT2D eigenvalue weighted by Gasteiger charge is -2.12. The first-order chi connectivity index (χ1) is 10.2. The molecule has 21 heavy (non-hydrogen) atoms. The van der Waals surface area contributed by atoms with Gasteiger partial charge < -0.3 is 10.6 Å². The fraction of sp³-hybridized carbons (Fsp3) is 0.357. The van der Waals surface area contributed by atoms with Crippen molar-refractivity contribution in [2.24, 2.45) is 0 Å². The van der Waals surface area contributed by atoms with Crippen molar-refractivity contribution in [1.82, 2.24) is 15.0 Å². The number of nitrogens with zero attached hydrogens (tertiary/aromatic N) is 3. The molecule has 0 radical (unpaired) electrons. The molecule has 0 bridgehead atoms. The molecule has 1 saturated carbocycles. The van der Waals surface area contributed by atoms with Gasteiger partial charge in [-0.3, -0.25) is 0 Å². The average molecular weight is 308 g/mol. The molecule has 1 heterocycles. The molecule has 0 aliphatic heterocycles. The standard InChI is InChI=1S/C14H15ClFN5/c15-12-19-13(17-10-5-1-2-6-10)21-14(20-12)18-11-7-3-4-9(16)8-11/h3-4,7-8,10H,1-2,5-6H2,(H2,17,18,19,20,21). The number of aromatic nitrogens is 3. The second-order valence-corrected chi connectivity index (χ2v) is 5.35. The van der Waals surface area contributed by atoms with Gasteiger partial charge in [0.05, 0.1) is 0 Å². The molecule has 1 aliphatic rings. The fourth-order valence-electron chi connectivity index (χ4n) is 2.42. The van der Waals surface area contributed by atoms with Crippen LogP contribution in [0.1, 0.15) is 25.7 Å². The molecule has 3 rings (SSSR count). The number of anilines is 3. The van der Waals surface area contributed by atoms with Gasteiger partial charge >= 0.3 is 0 Å². The van der Waals surface area contributed by atoms with Crippen LogP contribution in [0.5, 0.6) is 0 Å². The minimum Gasteiger partial charge on any atom is -0.351 e. The highest BCUT2D eigenvalue weighted by Crippen LogP contribution is 2.22. The number of halogens is 2. The Morgan fingerprint density at radius 2 is 1.86 bits per heavy atom. The van der Waals surface area contributed by atoms with Crippen molar-refractivity contribution < 1.29 is 4.39 Å². The van der Waals surface area contributed by atoms with Gasteiger partial charge in [0.15, 0.2) is 0 Å². The van der Waals surface area contributed by atoms with E-state index in [4.69, 9.17) is 11.6 Å². The van der Waals surface area contributed by atoms with Crippen LogP contribution >= 0.6 is 11.6 Å². The zero-order valence-electron chi connectivity index (χ0n) is 11.3. The minimum absolute atomic E-state index is 0.101. The fourth-order valence-corrected chi connectivity index (χ4v) is 2.58. The molecule has 1 fully saturated rings. The van der Waals surface area contributed by atoms with Crippen LogP contribution in [0.25, 0.3) is 0 Å². The summed E-state index contributed by atoms with van der Waals surface area (Å²) >= 11 is 5.92. The topological polar surface area (TPSA) is 62.7 Å². The monoisotopic (exact) mass is 307 g/mol. The van der Waals surface area contributed by atoms with E-state index in [1.54, 1.807) is 12.1 Å². The van der Waals surface area contributed by atoms with Gasteiger partial charge in [0, 0.05) is 11.7 Å². The highest BCUT2D eigenvalue weighted by Gasteiger charge is 2.16. The molecule has 1 aliphatic carbocycles. The predicted octanol–water partition coefficient (Wildman–Crippen LogP) is 3.76. The van der Waals surface area contributed by atoms with Gasteiger partial charge in [-0.25, -0.2) is 4.39 Å². The number of hydrogen-bond acceptors (Lipinski definition) is 5. The lowest BCUT2D eigenvalue weighted by Crippen LogP contribution is -2.17. The smallest absolute Gasteiger partial charge is 0.233 e. The highest BCUT2D eigenvalue weighted by atomic mass is 35.5. The van der Waals surface area contributed by atoms with Gasteiger partial charge in [0.25, 0.3) is 0 Å². The van der Waals surface area contributed by atoms with E-state index in [2.05, 4.69) is 25.6 Å². The van der Waals surface area contributed by atoms with Crippen molar-refractivity contribution in [3.63, 3.8) is 0 Å². The van der Waals surface area contributed by atoms with Crippen molar-refractivity contribution in [3.05, 3.63) is 35.4 Å². The number of rotatable bonds is 4. The Bertz CT molecular complexity index is 631. The lowest BCUT2D eigenvalue weighted by atomic mass is 10.3. The normalized spacial score (nSPS) is 15.1. The Labute approximate surface area is 127 Å². The van der Waals surface area contributed by atoms with E-state index in [0.29, 0.717) is 23.6 Å². The molecule has 5 nitrogen and oxygen atoms in total. The molecule has 7 heteroatoms. The number of nitrogens with one attached hydrogen (secondary N) is 2. The molecule has 0 unspecified atom stereocenters. The summed E-state index contributed by atoms with van der Waals surface area (Å²) in [7, 11) is 0. The van der Waals surface area contributed by atoms with E-state index < -0.39 is 0 Å². The molecule has 1 aromatic carbocycles. The summed E-state index contributed by atoms with van der Waals surface area (Å²) in [6.45, 7) is 0. The molecule has 0 amide bonds. The Kier molecular flexibility index (Phi) is 4.15. The molecular formula is C14H15ClFN5. The molecular weight excluding hydrogens is 293 g/mol. The van der Waals surface area contributed by atoms with Gasteiger partial charge in [0.1, 0.15) is 5.82 Å². The Balaban J connectivity index is 1.77. The van der Waals surface area contributed by atoms with Crippen LogP contribution < -0.4 is 10.6 Å². The van der Waals surface area contributed by atoms with E-state index in [1.165, 1.54) is 25.0 Å². The van der Waals surface area contributed by atoms with Crippen LogP contribution in [-0.2, 0) is 0 Å². The minimum atomic E-state index is -0.329. The van der Waals surface area contributed by atoms with Crippen LogP contribution in [0, 0.1) is 5.82 Å². The Morgan fingerprint density at radius 1 is 1.10 bits per heavy atom. The average Bonchev–Trinajstić information content (AvgIpc) is 2.90. The number of benzene rings is 1. The molecule has 2 aromatic rings. The second kappa shape index (κ2) is 6.22. The lowest BCUT2D eigenvalue weighted by molar-refractivity contribution is 0.628. The van der Waals surface area contributed by atoms with Crippen molar-refractivity contribution in [2.75, 3.05) is 10.6 Å². The summed E-state index contributed by atoms with van der Waals surface area (Å²) in [4.78, 5) is 12.3. The third-order valence-electron chi connectivity index (χ3n) is 3.38. The zero-order chi connectivity index (χ0) is 14.7. The molecule has 0 atom stereocenters. The van der Waals surface area contributed by atoms with Crippen LogP contribution in [0.15, 0.2) is 24.3 Å². The largest absolute Gasteiger partial charge is 0.351 e. The quantitative estimate of drug-likeness (QED) is 0.900. The van der Waals surface area contributed by atoms with Crippen molar-refractivity contribution in [1.29, 1.82) is 0 Å². The van der Waals surface area contributed by atoms with E-state index in [9.17, 15) is 4.39 Å².